The molecule has 9 heteroatoms. The third-order valence-electron chi connectivity index (χ3n) is 1.61. The molecule has 0 amide bonds. The second kappa shape index (κ2) is 4.58. The van der Waals surface area contributed by atoms with Crippen molar-refractivity contribution in [1.82, 2.24) is 0 Å². The Morgan fingerprint density at radius 2 is 2.00 bits per heavy atom. The van der Waals surface area contributed by atoms with Gasteiger partial charge in [-0.15, -0.1) is 13.2 Å². The highest BCUT2D eigenvalue weighted by molar-refractivity contribution is 6.68. The van der Waals surface area contributed by atoms with Crippen molar-refractivity contribution in [2.45, 2.75) is 6.36 Å². The van der Waals surface area contributed by atoms with Crippen LogP contribution in [0.3, 0.4) is 0 Å². The second-order valence-electron chi connectivity index (χ2n) is 2.76. The van der Waals surface area contributed by atoms with E-state index in [-0.39, 0.29) is 0 Å². The lowest BCUT2D eigenvalue weighted by Crippen LogP contribution is -2.17. The first-order valence-corrected chi connectivity index (χ1v) is 4.32. The summed E-state index contributed by atoms with van der Waals surface area (Å²) >= 11 is 5.03. The van der Waals surface area contributed by atoms with E-state index in [1.54, 1.807) is 0 Å². The molecular weight excluding hydrogens is 267 g/mol. The lowest BCUT2D eigenvalue weighted by atomic mass is 10.2. The van der Waals surface area contributed by atoms with Gasteiger partial charge in [0.15, 0.2) is 0 Å². The fourth-order valence-corrected chi connectivity index (χ4v) is 1.19. The molecule has 0 saturated heterocycles. The van der Waals surface area contributed by atoms with Crippen LogP contribution >= 0.6 is 11.6 Å². The minimum atomic E-state index is -4.97. The van der Waals surface area contributed by atoms with Crippen LogP contribution < -0.4 is 4.74 Å². The normalized spacial score (nSPS) is 11.1. The maximum absolute atomic E-state index is 11.8. The number of halogens is 4. The zero-order chi connectivity index (χ0) is 13.2. The molecule has 0 spiro atoms. The van der Waals surface area contributed by atoms with Gasteiger partial charge in [-0.05, 0) is 23.7 Å². The van der Waals surface area contributed by atoms with Crippen LogP contribution in [0, 0.1) is 10.1 Å². The van der Waals surface area contributed by atoms with Gasteiger partial charge in [-0.1, -0.05) is 0 Å². The van der Waals surface area contributed by atoms with Gasteiger partial charge in [0.25, 0.3) is 10.9 Å². The summed E-state index contributed by atoms with van der Waals surface area (Å²) in [7, 11) is 0. The highest BCUT2D eigenvalue weighted by Crippen LogP contribution is 2.29. The summed E-state index contributed by atoms with van der Waals surface area (Å²) in [5.41, 5.74) is -1.36. The standard InChI is InChI=1S/C8H3ClF3NO4/c9-7(14)5-2-1-4(17-8(10,11)12)3-6(5)13(15)16/h1-3H. The van der Waals surface area contributed by atoms with E-state index in [4.69, 9.17) is 11.6 Å². The molecule has 0 aromatic heterocycles. The number of alkyl halides is 3. The lowest BCUT2D eigenvalue weighted by molar-refractivity contribution is -0.385. The molecule has 0 N–H and O–H groups in total. The van der Waals surface area contributed by atoms with E-state index in [1.807, 2.05) is 0 Å². The first kappa shape index (κ1) is 13.2. The first-order valence-electron chi connectivity index (χ1n) is 3.95. The van der Waals surface area contributed by atoms with Crippen molar-refractivity contribution in [3.05, 3.63) is 33.9 Å². The van der Waals surface area contributed by atoms with Crippen molar-refractivity contribution in [2.24, 2.45) is 0 Å². The quantitative estimate of drug-likeness (QED) is 0.480. The van der Waals surface area contributed by atoms with E-state index in [1.165, 1.54) is 0 Å². The van der Waals surface area contributed by atoms with Gasteiger partial charge in [-0.25, -0.2) is 0 Å². The van der Waals surface area contributed by atoms with Gasteiger partial charge in [-0.3, -0.25) is 14.9 Å². The minimum Gasteiger partial charge on any atom is -0.406 e. The zero-order valence-electron chi connectivity index (χ0n) is 7.82. The second-order valence-corrected chi connectivity index (χ2v) is 3.10. The summed E-state index contributed by atoms with van der Waals surface area (Å²) in [5, 5.41) is 9.36. The van der Waals surface area contributed by atoms with Gasteiger partial charge in [0.05, 0.1) is 11.0 Å². The molecule has 0 aliphatic carbocycles. The van der Waals surface area contributed by atoms with Crippen LogP contribution in [-0.2, 0) is 0 Å². The van der Waals surface area contributed by atoms with Crippen LogP contribution in [0.2, 0.25) is 0 Å². The number of carbonyl (C=O) groups is 1. The van der Waals surface area contributed by atoms with Crippen LogP contribution in [0.15, 0.2) is 18.2 Å². The predicted molar refractivity (Wildman–Crippen MR) is 50.0 cm³/mol. The molecular formula is C8H3ClF3NO4. The monoisotopic (exact) mass is 269 g/mol. The van der Waals surface area contributed by atoms with Crippen molar-refractivity contribution in [2.75, 3.05) is 0 Å². The van der Waals surface area contributed by atoms with Gasteiger partial charge in [-0.2, -0.15) is 0 Å². The van der Waals surface area contributed by atoms with Gasteiger partial charge in [0.1, 0.15) is 11.3 Å². The van der Waals surface area contributed by atoms with Crippen LogP contribution in [-0.4, -0.2) is 16.5 Å². The van der Waals surface area contributed by atoms with Crippen molar-refractivity contribution in [1.29, 1.82) is 0 Å². The molecule has 1 aromatic rings. The van der Waals surface area contributed by atoms with Gasteiger partial charge in [0, 0.05) is 0 Å². The summed E-state index contributed by atoms with van der Waals surface area (Å²) in [6.45, 7) is 0. The maximum atomic E-state index is 11.8. The van der Waals surface area contributed by atoms with Crippen LogP contribution in [0.4, 0.5) is 18.9 Å². The Morgan fingerprint density at radius 1 is 1.41 bits per heavy atom. The number of benzene rings is 1. The number of hydrogen-bond acceptors (Lipinski definition) is 4. The molecule has 0 unspecified atom stereocenters. The van der Waals surface area contributed by atoms with Crippen LogP contribution in [0.1, 0.15) is 10.4 Å². The first-order chi connectivity index (χ1) is 7.70. The molecule has 92 valence electrons. The van der Waals surface area contributed by atoms with Crippen LogP contribution in [0.25, 0.3) is 0 Å². The van der Waals surface area contributed by atoms with E-state index in [2.05, 4.69) is 4.74 Å². The van der Waals surface area contributed by atoms with Crippen molar-refractivity contribution < 1.29 is 27.6 Å². The van der Waals surface area contributed by atoms with Crippen molar-refractivity contribution in [3.63, 3.8) is 0 Å². The molecule has 0 atom stereocenters. The van der Waals surface area contributed by atoms with E-state index < -0.39 is 33.5 Å². The largest absolute Gasteiger partial charge is 0.573 e. The number of carbonyl (C=O) groups excluding carboxylic acids is 1. The molecule has 1 rings (SSSR count). The van der Waals surface area contributed by atoms with Crippen molar-refractivity contribution >= 4 is 22.5 Å². The lowest BCUT2D eigenvalue weighted by Gasteiger charge is -2.08. The number of nitro groups is 1. The summed E-state index contributed by atoms with van der Waals surface area (Å²) in [6.07, 6.45) is -4.97. The molecule has 5 nitrogen and oxygen atoms in total. The third kappa shape index (κ3) is 3.59. The number of nitro benzene ring substituents is 1. The van der Waals surface area contributed by atoms with E-state index >= 15 is 0 Å². The number of ether oxygens (including phenoxy) is 1. The summed E-state index contributed by atoms with van der Waals surface area (Å²) < 4.78 is 39.0. The average molecular weight is 270 g/mol. The van der Waals surface area contributed by atoms with E-state index in [0.717, 1.165) is 12.1 Å². The van der Waals surface area contributed by atoms with E-state index in [0.29, 0.717) is 6.07 Å². The number of hydrogen-bond donors (Lipinski definition) is 0. The summed E-state index contributed by atoms with van der Waals surface area (Å²) in [4.78, 5) is 20.2. The highest BCUT2D eigenvalue weighted by atomic mass is 35.5. The average Bonchev–Trinajstić information content (AvgIpc) is 2.14. The maximum Gasteiger partial charge on any atom is 0.573 e. The molecule has 0 aliphatic heterocycles. The van der Waals surface area contributed by atoms with E-state index in [9.17, 15) is 28.1 Å². The Balaban J connectivity index is 3.19. The van der Waals surface area contributed by atoms with Crippen molar-refractivity contribution in [3.8, 4) is 5.75 Å². The number of nitrogens with zero attached hydrogens (tertiary/aromatic N) is 1. The van der Waals surface area contributed by atoms with Gasteiger partial charge in [0.2, 0.25) is 0 Å². The summed E-state index contributed by atoms with van der Waals surface area (Å²) in [6, 6.07) is 2.02. The molecule has 0 saturated carbocycles. The highest BCUT2D eigenvalue weighted by Gasteiger charge is 2.32. The SMILES string of the molecule is O=C(Cl)c1ccc(OC(F)(F)F)cc1[N+](=O)[O-]. The Bertz CT molecular complexity index is 474. The Labute approximate surface area is 96.9 Å². The molecule has 1 aromatic carbocycles. The Morgan fingerprint density at radius 3 is 2.41 bits per heavy atom. The fourth-order valence-electron chi connectivity index (χ4n) is 1.03. The Kier molecular flexibility index (Phi) is 3.56. The zero-order valence-corrected chi connectivity index (χ0v) is 8.58. The molecule has 0 bridgehead atoms. The molecule has 0 radical (unpaired) electrons. The minimum absolute atomic E-state index is 0.475. The fraction of sp³-hybridized carbons (Fsp3) is 0.125. The van der Waals surface area contributed by atoms with Gasteiger partial charge < -0.3 is 4.74 Å². The number of rotatable bonds is 3. The molecule has 0 fully saturated rings. The molecule has 0 heterocycles. The Hall–Kier alpha value is -1.83. The smallest absolute Gasteiger partial charge is 0.406 e. The summed E-state index contributed by atoms with van der Waals surface area (Å²) in [5.74, 6) is -0.800. The molecule has 17 heavy (non-hydrogen) atoms. The molecule has 0 aliphatic rings. The predicted octanol–water partition coefficient (Wildman–Crippen LogP) is 2.87. The third-order valence-corrected chi connectivity index (χ3v) is 1.81. The van der Waals surface area contributed by atoms with Gasteiger partial charge >= 0.3 is 6.36 Å². The van der Waals surface area contributed by atoms with Crippen LogP contribution in [0.5, 0.6) is 5.75 Å². The topological polar surface area (TPSA) is 69.4 Å².